The maximum absolute atomic E-state index is 12.9. The van der Waals surface area contributed by atoms with Gasteiger partial charge in [-0.25, -0.2) is 8.42 Å². The Labute approximate surface area is 176 Å². The predicted molar refractivity (Wildman–Crippen MR) is 116 cm³/mol. The maximum Gasteiger partial charge on any atom is 0.244 e. The van der Waals surface area contributed by atoms with Crippen molar-refractivity contribution in [3.63, 3.8) is 0 Å². The second kappa shape index (κ2) is 8.72. The number of nitrogens with zero attached hydrogens (tertiary/aromatic N) is 1. The summed E-state index contributed by atoms with van der Waals surface area (Å²) in [5, 5.41) is 3.52. The summed E-state index contributed by atoms with van der Waals surface area (Å²) in [6.07, 6.45) is 1.65. The highest BCUT2D eigenvalue weighted by atomic mass is 35.5. The number of sulfonamides is 1. The highest BCUT2D eigenvalue weighted by Gasteiger charge is 2.32. The van der Waals surface area contributed by atoms with Crippen molar-refractivity contribution in [2.45, 2.75) is 38.8 Å². The average Bonchev–Trinajstić information content (AvgIpc) is 2.52. The molecule has 0 aliphatic heterocycles. The largest absolute Gasteiger partial charge is 0.349 e. The number of halogens is 2. The van der Waals surface area contributed by atoms with E-state index in [1.54, 1.807) is 0 Å². The van der Waals surface area contributed by atoms with E-state index in [1.807, 2.05) is 44.2 Å². The monoisotopic (exact) mass is 442 g/mol. The summed E-state index contributed by atoms with van der Waals surface area (Å²) in [6.45, 7) is 5.32. The number of hydrogen-bond donors (Lipinski definition) is 1. The van der Waals surface area contributed by atoms with Gasteiger partial charge in [0, 0.05) is 15.6 Å². The van der Waals surface area contributed by atoms with E-state index < -0.39 is 27.5 Å². The van der Waals surface area contributed by atoms with Crippen LogP contribution in [-0.4, -0.2) is 32.2 Å². The molecular formula is C20H24Cl2N2O3S. The minimum Gasteiger partial charge on any atom is -0.349 e. The molecule has 1 N–H and O–H groups in total. The van der Waals surface area contributed by atoms with Crippen molar-refractivity contribution in [1.82, 2.24) is 5.32 Å². The molecule has 0 radical (unpaired) electrons. The van der Waals surface area contributed by atoms with E-state index in [9.17, 15) is 13.2 Å². The molecule has 2 aromatic carbocycles. The molecule has 0 saturated heterocycles. The van der Waals surface area contributed by atoms with Crippen LogP contribution in [0.2, 0.25) is 10.0 Å². The van der Waals surface area contributed by atoms with Crippen LogP contribution in [0, 0.1) is 0 Å². The zero-order valence-electron chi connectivity index (χ0n) is 16.2. The van der Waals surface area contributed by atoms with Crippen LogP contribution in [0.3, 0.4) is 0 Å². The minimum atomic E-state index is -3.75. The molecule has 1 atom stereocenters. The number of rotatable bonds is 7. The van der Waals surface area contributed by atoms with Gasteiger partial charge in [0.2, 0.25) is 15.9 Å². The summed E-state index contributed by atoms with van der Waals surface area (Å²) < 4.78 is 25.9. The van der Waals surface area contributed by atoms with Gasteiger partial charge < -0.3 is 5.32 Å². The van der Waals surface area contributed by atoms with Crippen molar-refractivity contribution in [3.05, 3.63) is 64.1 Å². The quantitative estimate of drug-likeness (QED) is 0.695. The van der Waals surface area contributed by atoms with Crippen LogP contribution in [0.25, 0.3) is 0 Å². The van der Waals surface area contributed by atoms with Crippen molar-refractivity contribution >= 4 is 44.8 Å². The topological polar surface area (TPSA) is 66.5 Å². The minimum absolute atomic E-state index is 0.239. The fourth-order valence-electron chi connectivity index (χ4n) is 3.06. The fourth-order valence-corrected chi connectivity index (χ4v) is 4.74. The molecule has 2 aromatic rings. The lowest BCUT2D eigenvalue weighted by Crippen LogP contribution is -2.54. The third-order valence-corrected chi connectivity index (χ3v) is 5.82. The SMILES string of the molecule is CC(C(=O)NC(C)(C)Cc1ccccc1)N(c1cc(Cl)cc(Cl)c1)S(C)(=O)=O. The Bertz CT molecular complexity index is 927. The van der Waals surface area contributed by atoms with E-state index in [2.05, 4.69) is 5.32 Å². The third kappa shape index (κ3) is 6.12. The first kappa shape index (κ1) is 22.5. The molecule has 8 heteroatoms. The molecule has 0 bridgehead atoms. The van der Waals surface area contributed by atoms with Gasteiger partial charge in [0.25, 0.3) is 0 Å². The normalized spacial score (nSPS) is 13.1. The molecule has 0 saturated carbocycles. The zero-order chi connectivity index (χ0) is 21.1. The number of carbonyl (C=O) groups excluding carboxylic acids is 1. The second-order valence-electron chi connectivity index (χ2n) is 7.40. The van der Waals surface area contributed by atoms with Gasteiger partial charge in [0.05, 0.1) is 11.9 Å². The van der Waals surface area contributed by atoms with Gasteiger partial charge >= 0.3 is 0 Å². The van der Waals surface area contributed by atoms with Crippen LogP contribution in [0.4, 0.5) is 5.69 Å². The molecule has 0 fully saturated rings. The Morgan fingerprint density at radius 3 is 2.14 bits per heavy atom. The number of amides is 1. The smallest absolute Gasteiger partial charge is 0.244 e. The lowest BCUT2D eigenvalue weighted by atomic mass is 9.94. The molecule has 0 aliphatic carbocycles. The van der Waals surface area contributed by atoms with E-state index in [-0.39, 0.29) is 15.7 Å². The molecular weight excluding hydrogens is 419 g/mol. The van der Waals surface area contributed by atoms with Gasteiger partial charge in [-0.1, -0.05) is 53.5 Å². The van der Waals surface area contributed by atoms with Crippen molar-refractivity contribution in [1.29, 1.82) is 0 Å². The molecule has 0 spiro atoms. The lowest BCUT2D eigenvalue weighted by molar-refractivity contribution is -0.123. The highest BCUT2D eigenvalue weighted by molar-refractivity contribution is 7.92. The number of carbonyl (C=O) groups is 1. The molecule has 1 unspecified atom stereocenters. The summed E-state index contributed by atoms with van der Waals surface area (Å²) in [7, 11) is -3.75. The Morgan fingerprint density at radius 2 is 1.64 bits per heavy atom. The summed E-state index contributed by atoms with van der Waals surface area (Å²) >= 11 is 12.0. The summed E-state index contributed by atoms with van der Waals surface area (Å²) in [5.74, 6) is -0.414. The first-order valence-corrected chi connectivity index (χ1v) is 11.3. The van der Waals surface area contributed by atoms with Crippen LogP contribution in [-0.2, 0) is 21.2 Å². The highest BCUT2D eigenvalue weighted by Crippen LogP contribution is 2.29. The molecule has 28 heavy (non-hydrogen) atoms. The van der Waals surface area contributed by atoms with E-state index in [4.69, 9.17) is 23.2 Å². The maximum atomic E-state index is 12.9. The molecule has 0 heterocycles. The number of anilines is 1. The van der Waals surface area contributed by atoms with Crippen molar-refractivity contribution in [3.8, 4) is 0 Å². The van der Waals surface area contributed by atoms with Crippen molar-refractivity contribution in [2.24, 2.45) is 0 Å². The Kier molecular flexibility index (Phi) is 7.02. The molecule has 2 rings (SSSR count). The molecule has 0 aliphatic rings. The van der Waals surface area contributed by atoms with E-state index >= 15 is 0 Å². The number of benzene rings is 2. The fraction of sp³-hybridized carbons (Fsp3) is 0.350. The van der Waals surface area contributed by atoms with Crippen LogP contribution < -0.4 is 9.62 Å². The van der Waals surface area contributed by atoms with Crippen LogP contribution in [0.5, 0.6) is 0 Å². The zero-order valence-corrected chi connectivity index (χ0v) is 18.6. The van der Waals surface area contributed by atoms with E-state index in [0.717, 1.165) is 16.1 Å². The molecule has 1 amide bonds. The Hall–Kier alpha value is -1.76. The molecule has 5 nitrogen and oxygen atoms in total. The van der Waals surface area contributed by atoms with Gasteiger partial charge in [0.15, 0.2) is 0 Å². The van der Waals surface area contributed by atoms with Crippen molar-refractivity contribution < 1.29 is 13.2 Å². The summed E-state index contributed by atoms with van der Waals surface area (Å²) in [4.78, 5) is 12.9. The number of nitrogens with one attached hydrogen (secondary N) is 1. The van der Waals surface area contributed by atoms with Crippen LogP contribution >= 0.6 is 23.2 Å². The molecule has 0 aromatic heterocycles. The van der Waals surface area contributed by atoms with E-state index in [0.29, 0.717) is 6.42 Å². The Morgan fingerprint density at radius 1 is 1.11 bits per heavy atom. The standard InChI is InChI=1S/C20H24Cl2N2O3S/c1-14(19(25)23-20(2,3)13-15-8-6-5-7-9-15)24(28(4,26)27)18-11-16(21)10-17(22)12-18/h5-12,14H,13H2,1-4H3,(H,23,25). The van der Waals surface area contributed by atoms with Crippen LogP contribution in [0.15, 0.2) is 48.5 Å². The van der Waals surface area contributed by atoms with Crippen LogP contribution in [0.1, 0.15) is 26.3 Å². The Balaban J connectivity index is 2.26. The van der Waals surface area contributed by atoms with Gasteiger partial charge in [0.1, 0.15) is 6.04 Å². The third-order valence-electron chi connectivity index (χ3n) is 4.14. The summed E-state index contributed by atoms with van der Waals surface area (Å²) in [6, 6.07) is 13.2. The van der Waals surface area contributed by atoms with Gasteiger partial charge in [-0.15, -0.1) is 0 Å². The number of hydrogen-bond acceptors (Lipinski definition) is 3. The molecule has 152 valence electrons. The second-order valence-corrected chi connectivity index (χ2v) is 10.1. The lowest BCUT2D eigenvalue weighted by Gasteiger charge is -2.33. The van der Waals surface area contributed by atoms with Gasteiger partial charge in [-0.2, -0.15) is 0 Å². The first-order valence-electron chi connectivity index (χ1n) is 8.70. The van der Waals surface area contributed by atoms with E-state index in [1.165, 1.54) is 25.1 Å². The first-order chi connectivity index (χ1) is 12.9. The van der Waals surface area contributed by atoms with Gasteiger partial charge in [-0.3, -0.25) is 9.10 Å². The van der Waals surface area contributed by atoms with Crippen molar-refractivity contribution in [2.75, 3.05) is 10.6 Å². The van der Waals surface area contributed by atoms with Gasteiger partial charge in [-0.05, 0) is 51.0 Å². The predicted octanol–water partition coefficient (Wildman–Crippen LogP) is 4.29. The summed E-state index contributed by atoms with van der Waals surface area (Å²) in [5.41, 5.74) is 0.743. The average molecular weight is 443 g/mol.